The Labute approximate surface area is 152 Å². The molecule has 2 aromatic heterocycles. The summed E-state index contributed by atoms with van der Waals surface area (Å²) in [5, 5.41) is 3.72. The van der Waals surface area contributed by atoms with Crippen LogP contribution in [0.1, 0.15) is 47.5 Å². The summed E-state index contributed by atoms with van der Waals surface area (Å²) in [7, 11) is -3.70. The van der Waals surface area contributed by atoms with Crippen LogP contribution in [0.5, 0.6) is 0 Å². The first-order chi connectivity index (χ1) is 12.2. The fourth-order valence-electron chi connectivity index (χ4n) is 3.08. The van der Waals surface area contributed by atoms with Crippen molar-refractivity contribution in [1.82, 2.24) is 19.3 Å². The van der Waals surface area contributed by atoms with Crippen LogP contribution in [-0.4, -0.2) is 59.8 Å². The number of carbonyl (C=O) groups excluding carboxylic acids is 1. The number of amides is 1. The van der Waals surface area contributed by atoms with Gasteiger partial charge in [-0.2, -0.15) is 4.31 Å². The van der Waals surface area contributed by atoms with Crippen LogP contribution in [0.3, 0.4) is 0 Å². The third-order valence-corrected chi connectivity index (χ3v) is 6.56. The molecule has 0 aliphatic carbocycles. The fraction of sp³-hybridized carbons (Fsp3) is 0.562. The number of sulfonamides is 1. The molecule has 10 heteroatoms. The first kappa shape index (κ1) is 18.6. The molecule has 0 saturated carbocycles. The Morgan fingerprint density at radius 1 is 1.19 bits per heavy atom. The maximum absolute atomic E-state index is 12.8. The van der Waals surface area contributed by atoms with E-state index in [1.165, 1.54) is 10.7 Å². The van der Waals surface area contributed by atoms with Crippen LogP contribution in [0.2, 0.25) is 0 Å². The monoisotopic (exact) mass is 382 g/mol. The molecule has 26 heavy (non-hydrogen) atoms. The molecule has 0 N–H and O–H groups in total. The smallest absolute Gasteiger partial charge is 0.276 e. The van der Waals surface area contributed by atoms with E-state index in [4.69, 9.17) is 8.94 Å². The average molecular weight is 382 g/mol. The fourth-order valence-corrected chi connectivity index (χ4v) is 4.79. The Kier molecular flexibility index (Phi) is 4.89. The first-order valence-electron chi connectivity index (χ1n) is 8.39. The van der Waals surface area contributed by atoms with Crippen LogP contribution in [0.25, 0.3) is 0 Å². The highest BCUT2D eigenvalue weighted by Gasteiger charge is 2.35. The molecule has 0 aromatic carbocycles. The predicted molar refractivity (Wildman–Crippen MR) is 91.2 cm³/mol. The van der Waals surface area contributed by atoms with E-state index >= 15 is 0 Å². The van der Waals surface area contributed by atoms with Gasteiger partial charge in [0.1, 0.15) is 16.3 Å². The number of aryl methyl sites for hydroxylation is 2. The maximum atomic E-state index is 12.8. The molecule has 1 saturated heterocycles. The summed E-state index contributed by atoms with van der Waals surface area (Å²) in [5.41, 5.74) is 0.632. The van der Waals surface area contributed by atoms with Crippen LogP contribution >= 0.6 is 0 Å². The van der Waals surface area contributed by atoms with Gasteiger partial charge in [-0.3, -0.25) is 4.79 Å². The van der Waals surface area contributed by atoms with Crippen molar-refractivity contribution in [2.45, 2.75) is 38.5 Å². The van der Waals surface area contributed by atoms with Crippen molar-refractivity contribution in [3.05, 3.63) is 29.3 Å². The van der Waals surface area contributed by atoms with Crippen LogP contribution in [0.4, 0.5) is 0 Å². The highest BCUT2D eigenvalue weighted by atomic mass is 32.2. The average Bonchev–Trinajstić information content (AvgIpc) is 3.21. The van der Waals surface area contributed by atoms with Gasteiger partial charge >= 0.3 is 0 Å². The molecule has 0 spiro atoms. The minimum atomic E-state index is -3.70. The number of oxazole rings is 1. The van der Waals surface area contributed by atoms with Gasteiger partial charge in [0, 0.05) is 32.1 Å². The second-order valence-corrected chi connectivity index (χ2v) is 8.44. The molecule has 0 atom stereocenters. The molecule has 9 nitrogen and oxygen atoms in total. The molecule has 1 amide bonds. The van der Waals surface area contributed by atoms with Crippen molar-refractivity contribution in [2.75, 3.05) is 26.2 Å². The van der Waals surface area contributed by atoms with Gasteiger partial charge in [-0.25, -0.2) is 13.4 Å². The molecule has 3 rings (SSSR count). The number of carbonyl (C=O) groups is 1. The van der Waals surface area contributed by atoms with Gasteiger partial charge in [0.05, 0.1) is 0 Å². The summed E-state index contributed by atoms with van der Waals surface area (Å²) < 4.78 is 37.3. The zero-order chi connectivity index (χ0) is 19.1. The molecule has 0 bridgehead atoms. The maximum Gasteiger partial charge on any atom is 0.276 e. The molecule has 0 radical (unpaired) electrons. The topological polar surface area (TPSA) is 110 Å². The number of hydrogen-bond donors (Lipinski definition) is 0. The van der Waals surface area contributed by atoms with Crippen LogP contribution in [0.15, 0.2) is 20.2 Å². The molecular weight excluding hydrogens is 360 g/mol. The van der Waals surface area contributed by atoms with Gasteiger partial charge < -0.3 is 13.8 Å². The molecule has 1 fully saturated rings. The van der Waals surface area contributed by atoms with Gasteiger partial charge in [-0.1, -0.05) is 19.0 Å². The van der Waals surface area contributed by atoms with Gasteiger partial charge in [0.15, 0.2) is 17.8 Å². The molecular formula is C16H22N4O5S. The number of piperazine rings is 1. The summed E-state index contributed by atoms with van der Waals surface area (Å²) in [6, 6.07) is 0. The van der Waals surface area contributed by atoms with Gasteiger partial charge in [0.2, 0.25) is 10.0 Å². The van der Waals surface area contributed by atoms with Crippen molar-refractivity contribution in [3.8, 4) is 0 Å². The normalized spacial score (nSPS) is 16.4. The lowest BCUT2D eigenvalue weighted by atomic mass is 10.1. The van der Waals surface area contributed by atoms with Crippen molar-refractivity contribution in [1.29, 1.82) is 0 Å². The molecule has 3 heterocycles. The second kappa shape index (κ2) is 6.84. The second-order valence-electron chi connectivity index (χ2n) is 6.57. The third kappa shape index (κ3) is 3.14. The highest BCUT2D eigenvalue weighted by Crippen LogP contribution is 2.25. The van der Waals surface area contributed by atoms with E-state index < -0.39 is 10.0 Å². The van der Waals surface area contributed by atoms with E-state index in [1.807, 2.05) is 13.8 Å². The Hall–Kier alpha value is -2.20. The Bertz CT molecular complexity index is 887. The molecule has 1 aliphatic rings. The number of rotatable bonds is 4. The summed E-state index contributed by atoms with van der Waals surface area (Å²) in [4.78, 5) is 18.4. The Balaban J connectivity index is 1.73. The van der Waals surface area contributed by atoms with E-state index in [0.29, 0.717) is 17.1 Å². The third-order valence-electron chi connectivity index (χ3n) is 4.41. The Morgan fingerprint density at radius 3 is 2.38 bits per heavy atom. The lowest BCUT2D eigenvalue weighted by molar-refractivity contribution is 0.0689. The zero-order valence-electron chi connectivity index (χ0n) is 15.2. The SMILES string of the molecule is Cc1noc(C)c1S(=O)(=O)N1CCN(C(=O)c2ncoc2C(C)C)CC1. The number of aromatic nitrogens is 2. The predicted octanol–water partition coefficient (Wildman–Crippen LogP) is 1.55. The minimum absolute atomic E-state index is 0.0395. The Morgan fingerprint density at radius 2 is 1.85 bits per heavy atom. The van der Waals surface area contributed by atoms with E-state index in [0.717, 1.165) is 0 Å². The van der Waals surface area contributed by atoms with Crippen molar-refractivity contribution in [3.63, 3.8) is 0 Å². The van der Waals surface area contributed by atoms with E-state index in [2.05, 4.69) is 10.1 Å². The highest BCUT2D eigenvalue weighted by molar-refractivity contribution is 7.89. The zero-order valence-corrected chi connectivity index (χ0v) is 16.0. The summed E-state index contributed by atoms with van der Waals surface area (Å²) in [6.45, 7) is 7.99. The van der Waals surface area contributed by atoms with Gasteiger partial charge in [0.25, 0.3) is 5.91 Å². The minimum Gasteiger partial charge on any atom is -0.447 e. The largest absolute Gasteiger partial charge is 0.447 e. The van der Waals surface area contributed by atoms with Crippen molar-refractivity contribution >= 4 is 15.9 Å². The lowest BCUT2D eigenvalue weighted by Crippen LogP contribution is -2.50. The van der Waals surface area contributed by atoms with Gasteiger partial charge in [-0.05, 0) is 13.8 Å². The molecule has 2 aromatic rings. The summed E-state index contributed by atoms with van der Waals surface area (Å²) >= 11 is 0. The lowest BCUT2D eigenvalue weighted by Gasteiger charge is -2.33. The molecule has 142 valence electrons. The summed E-state index contributed by atoms with van der Waals surface area (Å²) in [5.74, 6) is 0.612. The van der Waals surface area contributed by atoms with Crippen molar-refractivity contribution < 1.29 is 22.2 Å². The number of nitrogens with zero attached hydrogens (tertiary/aromatic N) is 4. The van der Waals surface area contributed by atoms with E-state index in [1.54, 1.807) is 18.7 Å². The number of hydrogen-bond acceptors (Lipinski definition) is 7. The standard InChI is InChI=1S/C16H22N4O5S/c1-10(2)14-13(17-9-24-14)16(21)19-5-7-20(8-6-19)26(22,23)15-11(3)18-25-12(15)4/h9-10H,5-8H2,1-4H3. The quantitative estimate of drug-likeness (QED) is 0.789. The first-order valence-corrected chi connectivity index (χ1v) is 9.83. The molecule has 1 aliphatic heterocycles. The summed E-state index contributed by atoms with van der Waals surface area (Å²) in [6.07, 6.45) is 1.26. The van der Waals surface area contributed by atoms with Crippen molar-refractivity contribution in [2.24, 2.45) is 0 Å². The van der Waals surface area contributed by atoms with Crippen LogP contribution in [-0.2, 0) is 10.0 Å². The van der Waals surface area contributed by atoms with Gasteiger partial charge in [-0.15, -0.1) is 0 Å². The molecule has 0 unspecified atom stereocenters. The van der Waals surface area contributed by atoms with E-state index in [9.17, 15) is 13.2 Å². The van der Waals surface area contributed by atoms with Crippen LogP contribution < -0.4 is 0 Å². The van der Waals surface area contributed by atoms with E-state index in [-0.39, 0.29) is 48.7 Å². The van der Waals surface area contributed by atoms with Crippen LogP contribution in [0, 0.1) is 13.8 Å².